The van der Waals surface area contributed by atoms with E-state index in [1.807, 2.05) is 44.2 Å². The molecule has 1 aromatic carbocycles. The third kappa shape index (κ3) is 2.59. The summed E-state index contributed by atoms with van der Waals surface area (Å²) >= 11 is 0. The highest BCUT2D eigenvalue weighted by molar-refractivity contribution is 6.34. The zero-order valence-corrected chi connectivity index (χ0v) is 13.2. The Kier molecular flexibility index (Phi) is 4.14. The second kappa shape index (κ2) is 6.22. The molecule has 4 rings (SSSR count). The molecule has 0 unspecified atom stereocenters. The van der Waals surface area contributed by atoms with Crippen LogP contribution >= 0.6 is 0 Å². The number of H-pyrrole nitrogens is 1. The molecule has 1 aliphatic carbocycles. The van der Waals surface area contributed by atoms with Gasteiger partial charge in [-0.05, 0) is 49.5 Å². The van der Waals surface area contributed by atoms with E-state index in [0.717, 1.165) is 35.4 Å². The number of aromatic amines is 1. The van der Waals surface area contributed by atoms with Gasteiger partial charge in [-0.1, -0.05) is 32.0 Å². The Morgan fingerprint density at radius 2 is 1.86 bits per heavy atom. The summed E-state index contributed by atoms with van der Waals surface area (Å²) in [5.74, 6) is -0.0150. The van der Waals surface area contributed by atoms with Crippen LogP contribution in [0.25, 0.3) is 11.6 Å². The number of rotatable bonds is 1. The molecule has 2 aromatic rings. The summed E-state index contributed by atoms with van der Waals surface area (Å²) in [5, 5.41) is 2.91. The summed E-state index contributed by atoms with van der Waals surface area (Å²) < 4.78 is 0. The first-order valence-corrected chi connectivity index (χ1v) is 8.14. The maximum Gasteiger partial charge on any atom is 0.256 e. The topological polar surface area (TPSA) is 44.9 Å². The molecular weight excluding hydrogens is 272 g/mol. The number of amides is 1. The number of aryl methyl sites for hydroxylation is 2. The maximum atomic E-state index is 12.1. The van der Waals surface area contributed by atoms with Crippen molar-refractivity contribution < 1.29 is 4.79 Å². The number of benzene rings is 1. The average Bonchev–Trinajstić information content (AvgIpc) is 3.10. The van der Waals surface area contributed by atoms with Crippen LogP contribution in [0, 0.1) is 0 Å². The van der Waals surface area contributed by atoms with Gasteiger partial charge in [0.1, 0.15) is 0 Å². The van der Waals surface area contributed by atoms with Gasteiger partial charge >= 0.3 is 0 Å². The second-order valence-electron chi connectivity index (χ2n) is 5.49. The Hall–Kier alpha value is -2.29. The lowest BCUT2D eigenvalue weighted by atomic mass is 9.98. The van der Waals surface area contributed by atoms with Gasteiger partial charge in [-0.3, -0.25) is 4.79 Å². The van der Waals surface area contributed by atoms with Crippen molar-refractivity contribution >= 4 is 23.2 Å². The minimum Gasteiger partial charge on any atom is -0.359 e. The number of carbonyl (C=O) groups excluding carboxylic acids is 1. The summed E-state index contributed by atoms with van der Waals surface area (Å²) in [6, 6.07) is 10.0. The van der Waals surface area contributed by atoms with Gasteiger partial charge in [0.25, 0.3) is 5.91 Å². The van der Waals surface area contributed by atoms with E-state index in [4.69, 9.17) is 0 Å². The molecule has 0 radical (unpaired) electrons. The van der Waals surface area contributed by atoms with Crippen LogP contribution in [0.15, 0.2) is 30.3 Å². The molecule has 0 bridgehead atoms. The lowest BCUT2D eigenvalue weighted by Crippen LogP contribution is -2.03. The van der Waals surface area contributed by atoms with E-state index in [-0.39, 0.29) is 5.91 Å². The fourth-order valence-electron chi connectivity index (χ4n) is 3.14. The Bertz CT molecular complexity index is 701. The largest absolute Gasteiger partial charge is 0.359 e. The lowest BCUT2D eigenvalue weighted by Gasteiger charge is -2.08. The van der Waals surface area contributed by atoms with Crippen molar-refractivity contribution in [2.45, 2.75) is 39.5 Å². The third-order valence-corrected chi connectivity index (χ3v) is 4.15. The maximum absolute atomic E-state index is 12.1. The lowest BCUT2D eigenvalue weighted by molar-refractivity contribution is -0.110. The Labute approximate surface area is 131 Å². The molecule has 1 amide bonds. The van der Waals surface area contributed by atoms with Gasteiger partial charge < -0.3 is 10.3 Å². The number of fused-ring (bicyclic) bond motifs is 2. The second-order valence-corrected chi connectivity index (χ2v) is 5.49. The van der Waals surface area contributed by atoms with Gasteiger partial charge in [0, 0.05) is 22.6 Å². The van der Waals surface area contributed by atoms with Gasteiger partial charge in [-0.15, -0.1) is 0 Å². The number of hydrogen-bond donors (Lipinski definition) is 2. The smallest absolute Gasteiger partial charge is 0.256 e. The zero-order chi connectivity index (χ0) is 15.5. The average molecular weight is 294 g/mol. The van der Waals surface area contributed by atoms with E-state index < -0.39 is 0 Å². The SMILES string of the molecule is CC.O=C1Nc2ccccc2/C1=C\c1cc2c([nH]1)CCCC2. The molecular formula is C19H22N2O. The molecule has 1 aliphatic heterocycles. The summed E-state index contributed by atoms with van der Waals surface area (Å²) in [5.41, 5.74) is 6.44. The minimum absolute atomic E-state index is 0.0150. The summed E-state index contributed by atoms with van der Waals surface area (Å²) in [4.78, 5) is 15.5. The molecule has 0 fully saturated rings. The van der Waals surface area contributed by atoms with Crippen LogP contribution in [0.3, 0.4) is 0 Å². The van der Waals surface area contributed by atoms with Crippen molar-refractivity contribution in [3.63, 3.8) is 0 Å². The Morgan fingerprint density at radius 1 is 1.09 bits per heavy atom. The molecule has 1 aromatic heterocycles. The summed E-state index contributed by atoms with van der Waals surface area (Å²) in [6.07, 6.45) is 6.77. The molecule has 2 aliphatic rings. The van der Waals surface area contributed by atoms with Crippen LogP contribution in [0.4, 0.5) is 5.69 Å². The minimum atomic E-state index is -0.0150. The van der Waals surface area contributed by atoms with E-state index in [0.29, 0.717) is 0 Å². The summed E-state index contributed by atoms with van der Waals surface area (Å²) in [7, 11) is 0. The molecule has 0 atom stereocenters. The first-order valence-electron chi connectivity index (χ1n) is 8.14. The van der Waals surface area contributed by atoms with Gasteiger partial charge in [-0.2, -0.15) is 0 Å². The van der Waals surface area contributed by atoms with Gasteiger partial charge in [-0.25, -0.2) is 0 Å². The van der Waals surface area contributed by atoms with Crippen molar-refractivity contribution in [2.75, 3.05) is 5.32 Å². The van der Waals surface area contributed by atoms with Crippen LogP contribution in [0.5, 0.6) is 0 Å². The number of para-hydroxylation sites is 1. The van der Waals surface area contributed by atoms with Crippen molar-refractivity contribution in [3.8, 4) is 0 Å². The van der Waals surface area contributed by atoms with Crippen LogP contribution < -0.4 is 5.32 Å². The Morgan fingerprint density at radius 3 is 2.68 bits per heavy atom. The predicted octanol–water partition coefficient (Wildman–Crippen LogP) is 4.41. The van der Waals surface area contributed by atoms with E-state index in [1.54, 1.807) is 0 Å². The van der Waals surface area contributed by atoms with Crippen LogP contribution in [0.2, 0.25) is 0 Å². The van der Waals surface area contributed by atoms with Crippen molar-refractivity contribution in [2.24, 2.45) is 0 Å². The number of hydrogen-bond acceptors (Lipinski definition) is 1. The van der Waals surface area contributed by atoms with Crippen LogP contribution in [-0.4, -0.2) is 10.9 Å². The van der Waals surface area contributed by atoms with Crippen molar-refractivity contribution in [1.82, 2.24) is 4.98 Å². The van der Waals surface area contributed by atoms with Crippen LogP contribution in [0.1, 0.15) is 49.2 Å². The molecule has 3 heteroatoms. The highest BCUT2D eigenvalue weighted by Gasteiger charge is 2.23. The fraction of sp³-hybridized carbons (Fsp3) is 0.316. The third-order valence-electron chi connectivity index (χ3n) is 4.15. The quantitative estimate of drug-likeness (QED) is 0.752. The molecule has 2 N–H and O–H groups in total. The number of carbonyl (C=O) groups is 1. The highest BCUT2D eigenvalue weighted by atomic mass is 16.2. The molecule has 114 valence electrons. The first-order chi connectivity index (χ1) is 10.8. The van der Waals surface area contributed by atoms with Gasteiger partial charge in [0.05, 0.1) is 5.57 Å². The number of anilines is 1. The fourth-order valence-corrected chi connectivity index (χ4v) is 3.14. The highest BCUT2D eigenvalue weighted by Crippen LogP contribution is 2.33. The molecule has 0 saturated heterocycles. The van der Waals surface area contributed by atoms with Crippen LogP contribution in [-0.2, 0) is 17.6 Å². The number of nitrogens with one attached hydrogen (secondary N) is 2. The van der Waals surface area contributed by atoms with E-state index in [1.165, 1.54) is 24.1 Å². The summed E-state index contributed by atoms with van der Waals surface area (Å²) in [6.45, 7) is 4.00. The monoisotopic (exact) mass is 294 g/mol. The van der Waals surface area contributed by atoms with E-state index in [2.05, 4.69) is 16.4 Å². The molecule has 0 saturated carbocycles. The molecule has 22 heavy (non-hydrogen) atoms. The van der Waals surface area contributed by atoms with Crippen molar-refractivity contribution in [3.05, 3.63) is 52.8 Å². The molecule has 3 nitrogen and oxygen atoms in total. The van der Waals surface area contributed by atoms with E-state index in [9.17, 15) is 4.79 Å². The standard InChI is InChI=1S/C17H16N2O.C2H6/c20-17-14(13-6-2-4-8-16(13)19-17)10-12-9-11-5-1-3-7-15(11)18-12;1-2/h2,4,6,8-10,18H,1,3,5,7H2,(H,19,20);1-2H3/b14-10+;. The van der Waals surface area contributed by atoms with Gasteiger partial charge in [0.2, 0.25) is 0 Å². The predicted molar refractivity (Wildman–Crippen MR) is 91.7 cm³/mol. The Balaban J connectivity index is 0.000000693. The first kappa shape index (κ1) is 14.6. The normalized spacial score (nSPS) is 17.4. The zero-order valence-electron chi connectivity index (χ0n) is 13.2. The molecule has 0 spiro atoms. The number of aromatic nitrogens is 1. The van der Waals surface area contributed by atoms with E-state index >= 15 is 0 Å². The van der Waals surface area contributed by atoms with Crippen molar-refractivity contribution in [1.29, 1.82) is 0 Å². The van der Waals surface area contributed by atoms with Gasteiger partial charge in [0.15, 0.2) is 0 Å². The molecule has 2 heterocycles.